The Morgan fingerprint density at radius 3 is 2.43 bits per heavy atom. The lowest BCUT2D eigenvalue weighted by molar-refractivity contribution is -0.143. The van der Waals surface area contributed by atoms with Gasteiger partial charge in [-0.05, 0) is 12.3 Å². The average molecular weight is 215 g/mol. The van der Waals surface area contributed by atoms with Gasteiger partial charge in [-0.2, -0.15) is 11.3 Å². The monoisotopic (exact) mass is 215 g/mol. The zero-order valence-electron chi connectivity index (χ0n) is 7.35. The number of aliphatic carboxylic acids is 1. The third kappa shape index (κ3) is 1.61. The maximum Gasteiger partial charge on any atom is 0.336 e. The largest absolute Gasteiger partial charge is 0.480 e. The van der Waals surface area contributed by atoms with Gasteiger partial charge >= 0.3 is 11.9 Å². The van der Waals surface area contributed by atoms with Gasteiger partial charge in [-0.3, -0.25) is 0 Å². The predicted molar refractivity (Wildman–Crippen MR) is 50.5 cm³/mol. The molecule has 0 amide bonds. The molecule has 14 heavy (non-hydrogen) atoms. The van der Waals surface area contributed by atoms with Crippen molar-refractivity contribution in [1.29, 1.82) is 0 Å². The first-order valence-electron chi connectivity index (χ1n) is 3.69. The molecular weight excluding hydrogens is 206 g/mol. The number of carbonyl (C=O) groups is 2. The Morgan fingerprint density at radius 2 is 2.00 bits per heavy atom. The number of hydrogen-bond donors (Lipinski definition) is 3. The van der Waals surface area contributed by atoms with Crippen LogP contribution in [0.4, 0.5) is 0 Å². The molecule has 1 atom stereocenters. The minimum atomic E-state index is -1.66. The molecule has 0 saturated heterocycles. The summed E-state index contributed by atoms with van der Waals surface area (Å²) in [6.45, 7) is 1.27. The summed E-state index contributed by atoms with van der Waals surface area (Å²) in [5, 5.41) is 20.4. The summed E-state index contributed by atoms with van der Waals surface area (Å²) in [6.07, 6.45) is 0. The quantitative estimate of drug-likeness (QED) is 0.689. The molecule has 6 heteroatoms. The Morgan fingerprint density at radius 1 is 1.43 bits per heavy atom. The summed E-state index contributed by atoms with van der Waals surface area (Å²) in [6, 6.07) is 0. The van der Waals surface area contributed by atoms with Crippen molar-refractivity contribution < 1.29 is 19.8 Å². The van der Waals surface area contributed by atoms with E-state index < -0.39 is 17.5 Å². The molecule has 0 aliphatic heterocycles. The maximum absolute atomic E-state index is 10.8. The molecule has 1 heterocycles. The second-order valence-corrected chi connectivity index (χ2v) is 3.76. The fraction of sp³-hybridized carbons (Fsp3) is 0.250. The van der Waals surface area contributed by atoms with E-state index in [1.807, 2.05) is 0 Å². The van der Waals surface area contributed by atoms with E-state index in [0.717, 1.165) is 11.3 Å². The molecule has 0 unspecified atom stereocenters. The van der Waals surface area contributed by atoms with Crippen LogP contribution in [-0.4, -0.2) is 22.2 Å². The van der Waals surface area contributed by atoms with Crippen molar-refractivity contribution in [3.05, 3.63) is 21.9 Å². The number of aromatic carboxylic acids is 1. The second-order valence-electron chi connectivity index (χ2n) is 3.01. The summed E-state index contributed by atoms with van der Waals surface area (Å²) in [5.41, 5.74) is 3.92. The van der Waals surface area contributed by atoms with Gasteiger partial charge in [0.1, 0.15) is 5.54 Å². The van der Waals surface area contributed by atoms with Crippen molar-refractivity contribution in [2.24, 2.45) is 5.73 Å². The summed E-state index contributed by atoms with van der Waals surface area (Å²) < 4.78 is 0. The first-order valence-corrected chi connectivity index (χ1v) is 4.64. The van der Waals surface area contributed by atoms with Crippen molar-refractivity contribution in [1.82, 2.24) is 0 Å². The van der Waals surface area contributed by atoms with Gasteiger partial charge in [0, 0.05) is 10.9 Å². The maximum atomic E-state index is 10.8. The highest BCUT2D eigenvalue weighted by molar-refractivity contribution is 7.08. The molecule has 0 aromatic carbocycles. The first kappa shape index (κ1) is 10.7. The zero-order valence-corrected chi connectivity index (χ0v) is 8.17. The minimum absolute atomic E-state index is 0.0533. The normalized spacial score (nSPS) is 14.7. The van der Waals surface area contributed by atoms with Gasteiger partial charge < -0.3 is 15.9 Å². The van der Waals surface area contributed by atoms with Gasteiger partial charge in [-0.15, -0.1) is 0 Å². The summed E-state index contributed by atoms with van der Waals surface area (Å²) in [4.78, 5) is 21.5. The van der Waals surface area contributed by atoms with Gasteiger partial charge in [0.25, 0.3) is 0 Å². The molecular formula is C8H9NO4S. The third-order valence-corrected chi connectivity index (χ3v) is 2.64. The van der Waals surface area contributed by atoms with E-state index in [1.54, 1.807) is 0 Å². The lowest BCUT2D eigenvalue weighted by atomic mass is 9.93. The lowest BCUT2D eigenvalue weighted by Gasteiger charge is -2.18. The number of thiophene rings is 1. The number of nitrogens with two attached hydrogens (primary N) is 1. The molecule has 0 spiro atoms. The highest BCUT2D eigenvalue weighted by Gasteiger charge is 2.34. The van der Waals surface area contributed by atoms with Crippen molar-refractivity contribution in [2.75, 3.05) is 0 Å². The summed E-state index contributed by atoms with van der Waals surface area (Å²) >= 11 is 1.11. The van der Waals surface area contributed by atoms with Crippen molar-refractivity contribution in [3.63, 3.8) is 0 Å². The van der Waals surface area contributed by atoms with Gasteiger partial charge in [0.2, 0.25) is 0 Å². The van der Waals surface area contributed by atoms with E-state index in [0.29, 0.717) is 0 Å². The molecule has 0 radical (unpaired) electrons. The van der Waals surface area contributed by atoms with Gasteiger partial charge in [0.15, 0.2) is 0 Å². The van der Waals surface area contributed by atoms with E-state index in [2.05, 4.69) is 0 Å². The molecule has 0 aliphatic rings. The molecule has 0 aliphatic carbocycles. The van der Waals surface area contributed by atoms with Crippen molar-refractivity contribution in [3.8, 4) is 0 Å². The van der Waals surface area contributed by atoms with Crippen LogP contribution in [0.3, 0.4) is 0 Å². The van der Waals surface area contributed by atoms with Crippen LogP contribution in [-0.2, 0) is 10.3 Å². The van der Waals surface area contributed by atoms with Crippen LogP contribution in [0, 0.1) is 0 Å². The summed E-state index contributed by atoms with van der Waals surface area (Å²) in [7, 11) is 0. The smallest absolute Gasteiger partial charge is 0.336 e. The fourth-order valence-electron chi connectivity index (χ4n) is 0.980. The van der Waals surface area contributed by atoms with E-state index in [-0.39, 0.29) is 11.1 Å². The third-order valence-electron chi connectivity index (χ3n) is 1.90. The van der Waals surface area contributed by atoms with E-state index in [4.69, 9.17) is 15.9 Å². The van der Waals surface area contributed by atoms with Gasteiger partial charge in [-0.25, -0.2) is 9.59 Å². The molecule has 76 valence electrons. The Kier molecular flexibility index (Phi) is 2.59. The molecule has 1 aromatic rings. The highest BCUT2D eigenvalue weighted by Crippen LogP contribution is 2.25. The first-order chi connectivity index (χ1) is 6.37. The lowest BCUT2D eigenvalue weighted by Crippen LogP contribution is -2.42. The van der Waals surface area contributed by atoms with E-state index >= 15 is 0 Å². The van der Waals surface area contributed by atoms with Crippen LogP contribution < -0.4 is 5.73 Å². The molecule has 1 rings (SSSR count). The van der Waals surface area contributed by atoms with Crippen LogP contribution >= 0.6 is 11.3 Å². The fourth-order valence-corrected chi connectivity index (χ4v) is 1.92. The number of rotatable bonds is 3. The zero-order chi connectivity index (χ0) is 10.9. The van der Waals surface area contributed by atoms with Crippen LogP contribution in [0.2, 0.25) is 0 Å². The molecule has 5 nitrogen and oxygen atoms in total. The van der Waals surface area contributed by atoms with Crippen LogP contribution in [0.25, 0.3) is 0 Å². The van der Waals surface area contributed by atoms with E-state index in [1.165, 1.54) is 17.7 Å². The van der Waals surface area contributed by atoms with Crippen LogP contribution in [0.15, 0.2) is 10.8 Å². The van der Waals surface area contributed by atoms with Crippen molar-refractivity contribution >= 4 is 23.3 Å². The number of carboxylic acid groups (broad SMARTS) is 2. The molecule has 0 bridgehead atoms. The minimum Gasteiger partial charge on any atom is -0.480 e. The highest BCUT2D eigenvalue weighted by atomic mass is 32.1. The summed E-state index contributed by atoms with van der Waals surface area (Å²) in [5.74, 6) is -2.42. The standard InChI is InChI=1S/C8H9NO4S/c1-8(9,7(12)13)5-3-14-2-4(5)6(10)11/h2-3H,9H2,1H3,(H,10,11)(H,12,13)/t8-/m1/s1. The molecule has 4 N–H and O–H groups in total. The SMILES string of the molecule is C[C@](N)(C(=O)O)c1cscc1C(=O)O. The second kappa shape index (κ2) is 3.39. The Labute approximate surface area is 83.8 Å². The molecule has 0 saturated carbocycles. The molecule has 1 aromatic heterocycles. The topological polar surface area (TPSA) is 101 Å². The Bertz CT molecular complexity index is 382. The van der Waals surface area contributed by atoms with Gasteiger partial charge in [-0.1, -0.05) is 0 Å². The van der Waals surface area contributed by atoms with Crippen LogP contribution in [0.1, 0.15) is 22.8 Å². The van der Waals surface area contributed by atoms with Crippen LogP contribution in [0.5, 0.6) is 0 Å². The Balaban J connectivity index is 3.25. The number of hydrogen-bond acceptors (Lipinski definition) is 4. The Hall–Kier alpha value is -1.40. The average Bonchev–Trinajstić information content (AvgIpc) is 2.51. The number of carboxylic acids is 2. The van der Waals surface area contributed by atoms with Crippen molar-refractivity contribution in [2.45, 2.75) is 12.5 Å². The van der Waals surface area contributed by atoms with E-state index in [9.17, 15) is 9.59 Å². The van der Waals surface area contributed by atoms with Gasteiger partial charge in [0.05, 0.1) is 5.56 Å². The predicted octanol–water partition coefficient (Wildman–Crippen LogP) is 0.705. The molecule has 0 fully saturated rings.